The molecule has 0 saturated carbocycles. The number of hydrogen-bond acceptors (Lipinski definition) is 4. The Morgan fingerprint density at radius 1 is 1.17 bits per heavy atom. The Morgan fingerprint density at radius 2 is 1.93 bits per heavy atom. The predicted octanol–water partition coefficient (Wildman–Crippen LogP) is 3.85. The van der Waals surface area contributed by atoms with E-state index in [1.165, 1.54) is 23.4 Å². The van der Waals surface area contributed by atoms with Crippen LogP contribution in [-0.4, -0.2) is 27.2 Å². The molecule has 1 heterocycles. The van der Waals surface area contributed by atoms with Crippen molar-refractivity contribution < 1.29 is 26.7 Å². The summed E-state index contributed by atoms with van der Waals surface area (Å²) in [4.78, 5) is 16.1. The lowest BCUT2D eigenvalue weighted by Gasteiger charge is -2.17. The summed E-state index contributed by atoms with van der Waals surface area (Å²) in [7, 11) is 0. The van der Waals surface area contributed by atoms with Gasteiger partial charge in [0.1, 0.15) is 24.3 Å². The van der Waals surface area contributed by atoms with E-state index in [1.54, 1.807) is 6.92 Å². The van der Waals surface area contributed by atoms with E-state index in [-0.39, 0.29) is 23.5 Å². The van der Waals surface area contributed by atoms with Crippen LogP contribution in [0, 0.1) is 11.6 Å². The number of alkyl halides is 3. The normalized spacial score (nSPS) is 12.6. The predicted molar refractivity (Wildman–Crippen MR) is 97.8 cm³/mol. The first-order valence-corrected chi connectivity index (χ1v) is 8.69. The maximum Gasteiger partial charge on any atom is 0.416 e. The van der Waals surface area contributed by atoms with E-state index in [9.17, 15) is 26.7 Å². The van der Waals surface area contributed by atoms with Crippen LogP contribution in [0.2, 0.25) is 0 Å². The standard InChI is InChI=1S/C19H16F5N5O/c1-11(14-4-3-13(20)7-15(14)21)26-8-18(30)28-16-6-12(19(22,23)24)2-5-17(16)29-10-25-9-27-29/h2-7,9-11,26H,8H2,1H3,(H,28,30)/t11-/m1/s1. The molecule has 1 atom stereocenters. The summed E-state index contributed by atoms with van der Waals surface area (Å²) in [5, 5.41) is 9.01. The van der Waals surface area contributed by atoms with Crippen molar-refractivity contribution in [2.24, 2.45) is 0 Å². The average Bonchev–Trinajstić information content (AvgIpc) is 3.20. The number of anilines is 1. The largest absolute Gasteiger partial charge is 0.416 e. The van der Waals surface area contributed by atoms with E-state index in [2.05, 4.69) is 20.7 Å². The minimum Gasteiger partial charge on any atom is -0.323 e. The molecule has 6 nitrogen and oxygen atoms in total. The highest BCUT2D eigenvalue weighted by Gasteiger charge is 2.31. The van der Waals surface area contributed by atoms with Gasteiger partial charge in [-0.25, -0.2) is 18.4 Å². The number of halogens is 5. The van der Waals surface area contributed by atoms with Gasteiger partial charge in [-0.2, -0.15) is 18.3 Å². The third kappa shape index (κ3) is 4.98. The van der Waals surface area contributed by atoms with E-state index >= 15 is 0 Å². The molecule has 11 heteroatoms. The van der Waals surface area contributed by atoms with Gasteiger partial charge in [-0.3, -0.25) is 4.79 Å². The fraction of sp³-hybridized carbons (Fsp3) is 0.211. The summed E-state index contributed by atoms with van der Waals surface area (Å²) < 4.78 is 67.3. The number of aromatic nitrogens is 3. The molecule has 0 bridgehead atoms. The van der Waals surface area contributed by atoms with Gasteiger partial charge in [0.2, 0.25) is 5.91 Å². The Kier molecular flexibility index (Phi) is 6.11. The van der Waals surface area contributed by atoms with Crippen LogP contribution >= 0.6 is 0 Å². The van der Waals surface area contributed by atoms with Gasteiger partial charge in [-0.05, 0) is 31.2 Å². The molecule has 0 unspecified atom stereocenters. The number of nitrogens with one attached hydrogen (secondary N) is 2. The van der Waals surface area contributed by atoms with Crippen LogP contribution in [-0.2, 0) is 11.0 Å². The van der Waals surface area contributed by atoms with Crippen LogP contribution in [0.25, 0.3) is 5.69 Å². The second kappa shape index (κ2) is 8.57. The van der Waals surface area contributed by atoms with Crippen LogP contribution < -0.4 is 10.6 Å². The highest BCUT2D eigenvalue weighted by molar-refractivity contribution is 5.94. The molecule has 0 radical (unpaired) electrons. The topological polar surface area (TPSA) is 71.8 Å². The van der Waals surface area contributed by atoms with Gasteiger partial charge in [0, 0.05) is 17.7 Å². The maximum atomic E-state index is 13.8. The lowest BCUT2D eigenvalue weighted by atomic mass is 10.1. The number of nitrogens with zero attached hydrogens (tertiary/aromatic N) is 3. The van der Waals surface area contributed by atoms with Crippen molar-refractivity contribution in [3.63, 3.8) is 0 Å². The van der Waals surface area contributed by atoms with Crippen LogP contribution in [0.5, 0.6) is 0 Å². The van der Waals surface area contributed by atoms with E-state index in [4.69, 9.17) is 0 Å². The molecule has 3 rings (SSSR count). The van der Waals surface area contributed by atoms with Gasteiger partial charge in [0.05, 0.1) is 23.5 Å². The third-order valence-electron chi connectivity index (χ3n) is 4.26. The SMILES string of the molecule is C[C@@H](NCC(=O)Nc1cc(C(F)(F)F)ccc1-n1cncn1)c1ccc(F)cc1F. The summed E-state index contributed by atoms with van der Waals surface area (Å²) in [6.07, 6.45) is -2.13. The Balaban J connectivity index is 1.75. The zero-order chi connectivity index (χ0) is 21.9. The molecule has 0 fully saturated rings. The minimum absolute atomic E-state index is 0.122. The first-order valence-electron chi connectivity index (χ1n) is 8.69. The maximum absolute atomic E-state index is 13.8. The first-order chi connectivity index (χ1) is 14.1. The van der Waals surface area contributed by atoms with Crippen molar-refractivity contribution in [3.05, 3.63) is 71.8 Å². The lowest BCUT2D eigenvalue weighted by molar-refractivity contribution is -0.137. The molecule has 0 aliphatic carbocycles. The summed E-state index contributed by atoms with van der Waals surface area (Å²) in [5.74, 6) is -2.17. The van der Waals surface area contributed by atoms with Crippen molar-refractivity contribution in [2.75, 3.05) is 11.9 Å². The summed E-state index contributed by atoms with van der Waals surface area (Å²) in [6, 6.07) is 5.23. The van der Waals surface area contributed by atoms with E-state index in [0.717, 1.165) is 30.3 Å². The molecular formula is C19H16F5N5O. The third-order valence-corrected chi connectivity index (χ3v) is 4.26. The zero-order valence-electron chi connectivity index (χ0n) is 15.5. The molecule has 0 spiro atoms. The van der Waals surface area contributed by atoms with Gasteiger partial charge >= 0.3 is 6.18 Å². The average molecular weight is 425 g/mol. The van der Waals surface area contributed by atoms with Crippen molar-refractivity contribution in [3.8, 4) is 5.69 Å². The van der Waals surface area contributed by atoms with E-state index in [0.29, 0.717) is 0 Å². The molecule has 0 aliphatic heterocycles. The highest BCUT2D eigenvalue weighted by Crippen LogP contribution is 2.33. The fourth-order valence-corrected chi connectivity index (χ4v) is 2.75. The van der Waals surface area contributed by atoms with Crippen LogP contribution in [0.3, 0.4) is 0 Å². The molecule has 1 amide bonds. The van der Waals surface area contributed by atoms with Crippen molar-refractivity contribution in [1.82, 2.24) is 20.1 Å². The van der Waals surface area contributed by atoms with Gasteiger partial charge in [0.25, 0.3) is 0 Å². The molecule has 0 saturated heterocycles. The van der Waals surface area contributed by atoms with Crippen LogP contribution in [0.15, 0.2) is 49.1 Å². The Morgan fingerprint density at radius 3 is 2.57 bits per heavy atom. The Hall–Kier alpha value is -3.34. The molecule has 1 aromatic heterocycles. The second-order valence-electron chi connectivity index (χ2n) is 6.39. The summed E-state index contributed by atoms with van der Waals surface area (Å²) >= 11 is 0. The van der Waals surface area contributed by atoms with Crippen LogP contribution in [0.4, 0.5) is 27.6 Å². The molecule has 30 heavy (non-hydrogen) atoms. The molecule has 2 aromatic carbocycles. The summed E-state index contributed by atoms with van der Waals surface area (Å²) in [6.45, 7) is 1.24. The number of amides is 1. The minimum atomic E-state index is -4.60. The lowest BCUT2D eigenvalue weighted by Crippen LogP contribution is -2.31. The smallest absolute Gasteiger partial charge is 0.323 e. The molecular weight excluding hydrogens is 409 g/mol. The van der Waals surface area contributed by atoms with Gasteiger partial charge < -0.3 is 10.6 Å². The van der Waals surface area contributed by atoms with Crippen molar-refractivity contribution >= 4 is 11.6 Å². The number of rotatable bonds is 6. The quantitative estimate of drug-likeness (QED) is 0.589. The van der Waals surface area contributed by atoms with E-state index in [1.807, 2.05) is 0 Å². The first kappa shape index (κ1) is 21.4. The number of carbonyl (C=O) groups excluding carboxylic acids is 1. The molecule has 0 aliphatic rings. The molecule has 158 valence electrons. The van der Waals surface area contributed by atoms with Gasteiger partial charge in [0.15, 0.2) is 0 Å². The Labute approximate surface area is 167 Å². The molecule has 2 N–H and O–H groups in total. The summed E-state index contributed by atoms with van der Waals surface area (Å²) in [5.41, 5.74) is -0.739. The second-order valence-corrected chi connectivity index (χ2v) is 6.39. The van der Waals surface area contributed by atoms with Gasteiger partial charge in [-0.1, -0.05) is 6.07 Å². The van der Waals surface area contributed by atoms with Crippen molar-refractivity contribution in [2.45, 2.75) is 19.1 Å². The van der Waals surface area contributed by atoms with Gasteiger partial charge in [-0.15, -0.1) is 0 Å². The fourth-order valence-electron chi connectivity index (χ4n) is 2.75. The highest BCUT2D eigenvalue weighted by atomic mass is 19.4. The van der Waals surface area contributed by atoms with E-state index < -0.39 is 35.3 Å². The van der Waals surface area contributed by atoms with Crippen molar-refractivity contribution in [1.29, 1.82) is 0 Å². The zero-order valence-corrected chi connectivity index (χ0v) is 15.5. The molecule has 3 aromatic rings. The number of carbonyl (C=O) groups is 1. The number of hydrogen-bond donors (Lipinski definition) is 2. The Bertz CT molecular complexity index is 1040. The van der Waals surface area contributed by atoms with Crippen LogP contribution in [0.1, 0.15) is 24.1 Å². The number of benzene rings is 2. The monoisotopic (exact) mass is 425 g/mol.